The Morgan fingerprint density at radius 1 is 1.28 bits per heavy atom. The van der Waals surface area contributed by atoms with Gasteiger partial charge in [-0.1, -0.05) is 0 Å². The molecule has 0 aliphatic heterocycles. The fourth-order valence-electron chi connectivity index (χ4n) is 1.02. The van der Waals surface area contributed by atoms with Gasteiger partial charge in [0.25, 0.3) is 0 Å². The van der Waals surface area contributed by atoms with Crippen LogP contribution in [0.1, 0.15) is 19.3 Å². The number of unbranched alkanes of at least 4 members (excludes halogenated alkanes) is 1. The summed E-state index contributed by atoms with van der Waals surface area (Å²) in [4.78, 5) is 47.7. The Kier molecular flexibility index (Phi) is 8.36. The standard InChI is InChI=1S/C9H12N4O5/c10-8(16)13-9(17)18-7(12-6-15)3-1-2-4-11-5-14/h7H,1-4H2,(H3,10,13,16,17). The molecule has 0 aromatic carbocycles. The van der Waals surface area contributed by atoms with Gasteiger partial charge in [-0.15, -0.1) is 0 Å². The number of hydrogen-bond acceptors (Lipinski definition) is 7. The van der Waals surface area contributed by atoms with Crippen molar-refractivity contribution in [3.05, 3.63) is 0 Å². The van der Waals surface area contributed by atoms with Crippen molar-refractivity contribution in [2.75, 3.05) is 6.54 Å². The normalized spacial score (nSPS) is 10.4. The molecule has 3 amide bonds. The van der Waals surface area contributed by atoms with E-state index in [1.54, 1.807) is 5.32 Å². The number of alkyl carbamates (subject to hydrolysis) is 1. The van der Waals surface area contributed by atoms with Crippen molar-refractivity contribution in [1.29, 1.82) is 0 Å². The van der Waals surface area contributed by atoms with Gasteiger partial charge in [0, 0.05) is 6.42 Å². The maximum Gasteiger partial charge on any atom is 0.417 e. The first-order chi connectivity index (χ1) is 8.60. The Morgan fingerprint density at radius 2 is 2.00 bits per heavy atom. The Hall–Kier alpha value is -2.50. The van der Waals surface area contributed by atoms with E-state index >= 15 is 0 Å². The Bertz CT molecular complexity index is 384. The second kappa shape index (κ2) is 9.71. The topological polar surface area (TPSA) is 140 Å². The molecule has 0 aromatic rings. The minimum atomic E-state index is -1.10. The lowest BCUT2D eigenvalue weighted by Crippen LogP contribution is -2.37. The molecular weight excluding hydrogens is 244 g/mol. The van der Waals surface area contributed by atoms with Crippen molar-refractivity contribution in [2.45, 2.75) is 25.5 Å². The minimum absolute atomic E-state index is 0.232. The Balaban J connectivity index is 4.06. The molecule has 0 rings (SSSR count). The van der Waals surface area contributed by atoms with Crippen LogP contribution in [0.3, 0.4) is 0 Å². The molecule has 9 nitrogen and oxygen atoms in total. The molecular formula is C9H12N4O5. The number of nitrogens with one attached hydrogen (secondary N) is 1. The molecule has 18 heavy (non-hydrogen) atoms. The number of amides is 3. The van der Waals surface area contributed by atoms with Gasteiger partial charge in [0.15, 0.2) is 0 Å². The molecule has 1 unspecified atom stereocenters. The molecule has 0 spiro atoms. The molecule has 1 atom stereocenters. The van der Waals surface area contributed by atoms with Crippen LogP contribution in [0.25, 0.3) is 0 Å². The molecule has 0 aliphatic rings. The first-order valence-electron chi connectivity index (χ1n) is 4.97. The van der Waals surface area contributed by atoms with E-state index < -0.39 is 18.4 Å². The smallest absolute Gasteiger partial charge is 0.417 e. The van der Waals surface area contributed by atoms with Gasteiger partial charge in [0.2, 0.25) is 18.4 Å². The monoisotopic (exact) mass is 256 g/mol. The number of isocyanates is 2. The molecule has 98 valence electrons. The molecule has 0 saturated carbocycles. The molecule has 3 N–H and O–H groups in total. The molecule has 0 heterocycles. The first kappa shape index (κ1) is 15.5. The van der Waals surface area contributed by atoms with Crippen molar-refractivity contribution in [1.82, 2.24) is 5.32 Å². The summed E-state index contributed by atoms with van der Waals surface area (Å²) >= 11 is 0. The fraction of sp³-hybridized carbons (Fsp3) is 0.556. The highest BCUT2D eigenvalue weighted by atomic mass is 16.6. The van der Waals surface area contributed by atoms with Crippen LogP contribution in [0.2, 0.25) is 0 Å². The van der Waals surface area contributed by atoms with E-state index in [0.29, 0.717) is 12.8 Å². The summed E-state index contributed by atoms with van der Waals surface area (Å²) in [6.45, 7) is 0.286. The Morgan fingerprint density at radius 3 is 2.56 bits per heavy atom. The van der Waals surface area contributed by atoms with Crippen molar-refractivity contribution < 1.29 is 23.9 Å². The van der Waals surface area contributed by atoms with E-state index in [9.17, 15) is 19.2 Å². The number of nitrogens with zero attached hydrogens (tertiary/aromatic N) is 2. The van der Waals surface area contributed by atoms with Crippen molar-refractivity contribution in [3.8, 4) is 0 Å². The number of urea groups is 1. The van der Waals surface area contributed by atoms with E-state index in [-0.39, 0.29) is 13.0 Å². The number of ether oxygens (including phenoxy) is 1. The van der Waals surface area contributed by atoms with Crippen LogP contribution in [0.15, 0.2) is 9.98 Å². The van der Waals surface area contributed by atoms with Crippen molar-refractivity contribution >= 4 is 24.3 Å². The first-order valence-corrected chi connectivity index (χ1v) is 4.97. The van der Waals surface area contributed by atoms with E-state index in [4.69, 9.17) is 5.73 Å². The van der Waals surface area contributed by atoms with E-state index in [1.165, 1.54) is 12.2 Å². The van der Waals surface area contributed by atoms with Crippen LogP contribution in [0, 0.1) is 0 Å². The van der Waals surface area contributed by atoms with E-state index in [0.717, 1.165) is 0 Å². The summed E-state index contributed by atoms with van der Waals surface area (Å²) in [6.07, 6.45) is 1.75. The fourth-order valence-corrected chi connectivity index (χ4v) is 1.02. The lowest BCUT2D eigenvalue weighted by Gasteiger charge is -2.11. The van der Waals surface area contributed by atoms with Crippen molar-refractivity contribution in [3.63, 3.8) is 0 Å². The lowest BCUT2D eigenvalue weighted by molar-refractivity contribution is 0.0982. The van der Waals surface area contributed by atoms with Gasteiger partial charge in [0.05, 0.1) is 6.54 Å². The third-order valence-corrected chi connectivity index (χ3v) is 1.70. The zero-order valence-electron chi connectivity index (χ0n) is 9.42. The quantitative estimate of drug-likeness (QED) is 0.373. The summed E-state index contributed by atoms with van der Waals surface area (Å²) in [5.74, 6) is 0. The molecule has 0 fully saturated rings. The molecule has 0 aliphatic carbocycles. The van der Waals surface area contributed by atoms with Gasteiger partial charge in [0.1, 0.15) is 0 Å². The number of carbonyl (C=O) groups is 2. The van der Waals surface area contributed by atoms with Crippen LogP contribution in [0.4, 0.5) is 9.59 Å². The average molecular weight is 256 g/mol. The SMILES string of the molecule is NC(=O)NC(=O)OC(CCCCN=C=O)N=C=O. The number of imide groups is 1. The Labute approximate surface area is 102 Å². The highest BCUT2D eigenvalue weighted by molar-refractivity contribution is 5.89. The van der Waals surface area contributed by atoms with Gasteiger partial charge in [-0.05, 0) is 12.8 Å². The minimum Gasteiger partial charge on any atom is -0.422 e. The second-order valence-corrected chi connectivity index (χ2v) is 3.04. The summed E-state index contributed by atoms with van der Waals surface area (Å²) in [7, 11) is 0. The van der Waals surface area contributed by atoms with Crippen LogP contribution in [0.5, 0.6) is 0 Å². The average Bonchev–Trinajstić information content (AvgIpc) is 2.27. The number of primary amides is 1. The maximum absolute atomic E-state index is 11.0. The zero-order chi connectivity index (χ0) is 13.8. The number of rotatable bonds is 7. The van der Waals surface area contributed by atoms with Crippen LogP contribution < -0.4 is 11.1 Å². The zero-order valence-corrected chi connectivity index (χ0v) is 9.42. The number of hydrogen-bond donors (Lipinski definition) is 2. The predicted octanol–water partition coefficient (Wildman–Crippen LogP) is -0.0407. The summed E-state index contributed by atoms with van der Waals surface area (Å²) < 4.78 is 4.62. The molecule has 9 heteroatoms. The maximum atomic E-state index is 11.0. The van der Waals surface area contributed by atoms with Crippen LogP contribution in [-0.2, 0) is 14.3 Å². The number of carbonyl (C=O) groups excluding carboxylic acids is 4. The summed E-state index contributed by atoms with van der Waals surface area (Å²) in [5, 5.41) is 1.66. The largest absolute Gasteiger partial charge is 0.422 e. The number of nitrogens with two attached hydrogens (primary N) is 1. The molecule has 0 bridgehead atoms. The third-order valence-electron chi connectivity index (χ3n) is 1.70. The van der Waals surface area contributed by atoms with Crippen LogP contribution in [-0.4, -0.2) is 37.1 Å². The molecule has 0 saturated heterocycles. The lowest BCUT2D eigenvalue weighted by atomic mass is 10.2. The number of aliphatic imine (C=N–C) groups is 2. The molecule has 0 radical (unpaired) electrons. The van der Waals surface area contributed by atoms with Crippen LogP contribution >= 0.6 is 0 Å². The molecule has 0 aromatic heterocycles. The van der Waals surface area contributed by atoms with Crippen molar-refractivity contribution in [2.24, 2.45) is 15.7 Å². The van der Waals surface area contributed by atoms with Gasteiger partial charge < -0.3 is 10.5 Å². The van der Waals surface area contributed by atoms with Gasteiger partial charge in [-0.3, -0.25) is 0 Å². The third kappa shape index (κ3) is 8.78. The highest BCUT2D eigenvalue weighted by Gasteiger charge is 2.13. The van der Waals surface area contributed by atoms with E-state index in [2.05, 4.69) is 14.7 Å². The summed E-state index contributed by atoms with van der Waals surface area (Å²) in [6, 6.07) is -1.07. The van der Waals surface area contributed by atoms with E-state index in [1.807, 2.05) is 0 Å². The van der Waals surface area contributed by atoms with Gasteiger partial charge >= 0.3 is 12.1 Å². The second-order valence-electron chi connectivity index (χ2n) is 3.04. The predicted molar refractivity (Wildman–Crippen MR) is 57.9 cm³/mol. The summed E-state index contributed by atoms with van der Waals surface area (Å²) in [5.41, 5.74) is 4.69. The van der Waals surface area contributed by atoms with Gasteiger partial charge in [-0.25, -0.2) is 29.5 Å². The van der Waals surface area contributed by atoms with Gasteiger partial charge in [-0.2, -0.15) is 4.99 Å². The highest BCUT2D eigenvalue weighted by Crippen LogP contribution is 2.06.